The molecule has 1 aromatic heterocycles. The van der Waals surface area contributed by atoms with Gasteiger partial charge < -0.3 is 14.7 Å². The summed E-state index contributed by atoms with van der Waals surface area (Å²) < 4.78 is 5.19. The van der Waals surface area contributed by atoms with E-state index in [1.807, 2.05) is 12.1 Å². The van der Waals surface area contributed by atoms with Gasteiger partial charge in [-0.15, -0.1) is 0 Å². The van der Waals surface area contributed by atoms with Crippen molar-refractivity contribution in [2.75, 3.05) is 25.1 Å². The standard InChI is InChI=1S/C18H21N3O3/c1-24-15-4-2-13(3-5-15)10-14-6-8-21(9-7-14)17-12-19-16(11-20-17)18(22)23/h2-5,11-12,14H,6-10H2,1H3,(H,22,23). The van der Waals surface area contributed by atoms with Crippen LogP contribution in [-0.2, 0) is 6.42 Å². The van der Waals surface area contributed by atoms with Gasteiger partial charge in [0.15, 0.2) is 5.69 Å². The fourth-order valence-electron chi connectivity index (χ4n) is 3.06. The minimum absolute atomic E-state index is 0.0202. The van der Waals surface area contributed by atoms with E-state index in [2.05, 4.69) is 27.0 Å². The maximum absolute atomic E-state index is 10.8. The van der Waals surface area contributed by atoms with Crippen molar-refractivity contribution < 1.29 is 14.6 Å². The molecule has 0 bridgehead atoms. The summed E-state index contributed by atoms with van der Waals surface area (Å²) in [4.78, 5) is 21.2. The van der Waals surface area contributed by atoms with E-state index in [0.717, 1.165) is 43.9 Å². The van der Waals surface area contributed by atoms with Gasteiger partial charge in [0.2, 0.25) is 0 Å². The molecule has 1 N–H and O–H groups in total. The molecule has 1 aromatic carbocycles. The van der Waals surface area contributed by atoms with Crippen molar-refractivity contribution in [1.29, 1.82) is 0 Å². The van der Waals surface area contributed by atoms with Crippen LogP contribution in [0.15, 0.2) is 36.7 Å². The highest BCUT2D eigenvalue weighted by atomic mass is 16.5. The van der Waals surface area contributed by atoms with Crippen LogP contribution in [0, 0.1) is 5.92 Å². The van der Waals surface area contributed by atoms with E-state index in [9.17, 15) is 4.79 Å². The SMILES string of the molecule is COc1ccc(CC2CCN(c3cnc(C(=O)O)cn3)CC2)cc1. The van der Waals surface area contributed by atoms with Crippen LogP contribution in [0.25, 0.3) is 0 Å². The van der Waals surface area contributed by atoms with Gasteiger partial charge in [0.1, 0.15) is 11.6 Å². The summed E-state index contributed by atoms with van der Waals surface area (Å²) >= 11 is 0. The van der Waals surface area contributed by atoms with Crippen LogP contribution in [-0.4, -0.2) is 41.2 Å². The fraction of sp³-hybridized carbons (Fsp3) is 0.389. The Kier molecular flexibility index (Phi) is 4.93. The second-order valence-corrected chi connectivity index (χ2v) is 6.05. The van der Waals surface area contributed by atoms with Gasteiger partial charge >= 0.3 is 5.97 Å². The van der Waals surface area contributed by atoms with Crippen LogP contribution in [0.1, 0.15) is 28.9 Å². The highest BCUT2D eigenvalue weighted by Gasteiger charge is 2.21. The Morgan fingerprint density at radius 2 is 1.92 bits per heavy atom. The Morgan fingerprint density at radius 1 is 1.21 bits per heavy atom. The maximum Gasteiger partial charge on any atom is 0.356 e. The van der Waals surface area contributed by atoms with E-state index in [4.69, 9.17) is 9.84 Å². The molecule has 0 saturated carbocycles. The van der Waals surface area contributed by atoms with Gasteiger partial charge in [0, 0.05) is 13.1 Å². The molecule has 0 radical (unpaired) electrons. The van der Waals surface area contributed by atoms with Gasteiger partial charge in [-0.2, -0.15) is 0 Å². The summed E-state index contributed by atoms with van der Waals surface area (Å²) in [6.07, 6.45) is 6.12. The quantitative estimate of drug-likeness (QED) is 0.910. The topological polar surface area (TPSA) is 75.5 Å². The molecule has 24 heavy (non-hydrogen) atoms. The summed E-state index contributed by atoms with van der Waals surface area (Å²) in [7, 11) is 1.68. The molecule has 3 rings (SSSR count). The number of carbonyl (C=O) groups is 1. The molecule has 126 valence electrons. The molecular formula is C18H21N3O3. The largest absolute Gasteiger partial charge is 0.497 e. The van der Waals surface area contributed by atoms with Gasteiger partial charge in [-0.3, -0.25) is 0 Å². The third-order valence-electron chi connectivity index (χ3n) is 4.48. The molecule has 1 fully saturated rings. The number of ether oxygens (including phenoxy) is 1. The second-order valence-electron chi connectivity index (χ2n) is 6.05. The van der Waals surface area contributed by atoms with E-state index in [1.54, 1.807) is 13.3 Å². The van der Waals surface area contributed by atoms with Crippen LogP contribution in [0.4, 0.5) is 5.82 Å². The summed E-state index contributed by atoms with van der Waals surface area (Å²) in [5, 5.41) is 8.87. The average Bonchev–Trinajstić information content (AvgIpc) is 2.63. The first-order valence-electron chi connectivity index (χ1n) is 8.09. The van der Waals surface area contributed by atoms with Crippen molar-refractivity contribution in [1.82, 2.24) is 9.97 Å². The van der Waals surface area contributed by atoms with Crippen LogP contribution >= 0.6 is 0 Å². The first-order chi connectivity index (χ1) is 11.7. The van der Waals surface area contributed by atoms with Crippen molar-refractivity contribution >= 4 is 11.8 Å². The van der Waals surface area contributed by atoms with Crippen molar-refractivity contribution in [2.45, 2.75) is 19.3 Å². The van der Waals surface area contributed by atoms with Gasteiger partial charge in [-0.1, -0.05) is 12.1 Å². The van der Waals surface area contributed by atoms with Gasteiger partial charge in [-0.05, 0) is 42.9 Å². The zero-order valence-corrected chi connectivity index (χ0v) is 13.7. The third kappa shape index (κ3) is 3.82. The maximum atomic E-state index is 10.8. The first-order valence-corrected chi connectivity index (χ1v) is 8.09. The van der Waals surface area contributed by atoms with E-state index >= 15 is 0 Å². The Morgan fingerprint density at radius 3 is 2.46 bits per heavy atom. The first kappa shape index (κ1) is 16.2. The summed E-state index contributed by atoms with van der Waals surface area (Å²) in [6, 6.07) is 8.26. The summed E-state index contributed by atoms with van der Waals surface area (Å²) in [5.41, 5.74) is 1.31. The molecule has 6 nitrogen and oxygen atoms in total. The average molecular weight is 327 g/mol. The smallest absolute Gasteiger partial charge is 0.356 e. The molecule has 1 aliphatic rings. The van der Waals surface area contributed by atoms with Crippen molar-refractivity contribution in [3.05, 3.63) is 47.9 Å². The van der Waals surface area contributed by atoms with Gasteiger partial charge in [0.25, 0.3) is 0 Å². The van der Waals surface area contributed by atoms with Crippen molar-refractivity contribution in [3.8, 4) is 5.75 Å². The predicted molar refractivity (Wildman–Crippen MR) is 90.6 cm³/mol. The Bertz CT molecular complexity index is 678. The summed E-state index contributed by atoms with van der Waals surface area (Å²) in [5.74, 6) is 1.24. The number of methoxy groups -OCH3 is 1. The number of nitrogens with zero attached hydrogens (tertiary/aromatic N) is 3. The number of hydrogen-bond donors (Lipinski definition) is 1. The minimum atomic E-state index is -1.05. The normalized spacial score (nSPS) is 15.3. The lowest BCUT2D eigenvalue weighted by Gasteiger charge is -2.32. The van der Waals surface area contributed by atoms with Crippen LogP contribution < -0.4 is 9.64 Å². The van der Waals surface area contributed by atoms with Gasteiger partial charge in [0.05, 0.1) is 19.5 Å². The molecule has 6 heteroatoms. The monoisotopic (exact) mass is 327 g/mol. The molecular weight excluding hydrogens is 306 g/mol. The third-order valence-corrected chi connectivity index (χ3v) is 4.48. The lowest BCUT2D eigenvalue weighted by molar-refractivity contribution is 0.0690. The Balaban J connectivity index is 1.54. The Hall–Kier alpha value is -2.63. The number of rotatable bonds is 5. The Labute approximate surface area is 141 Å². The number of anilines is 1. The molecule has 0 atom stereocenters. The number of carboxylic acids is 1. The molecule has 1 saturated heterocycles. The van der Waals surface area contributed by atoms with E-state index in [0.29, 0.717) is 5.92 Å². The van der Waals surface area contributed by atoms with E-state index in [-0.39, 0.29) is 5.69 Å². The number of carboxylic acid groups (broad SMARTS) is 1. The molecule has 0 spiro atoms. The van der Waals surface area contributed by atoms with Crippen LogP contribution in [0.5, 0.6) is 5.75 Å². The number of hydrogen-bond acceptors (Lipinski definition) is 5. The molecule has 0 unspecified atom stereocenters. The molecule has 0 amide bonds. The highest BCUT2D eigenvalue weighted by Crippen LogP contribution is 2.25. The molecule has 0 aliphatic carbocycles. The van der Waals surface area contributed by atoms with E-state index in [1.165, 1.54) is 11.8 Å². The molecule has 1 aliphatic heterocycles. The highest BCUT2D eigenvalue weighted by molar-refractivity contribution is 5.84. The molecule has 2 heterocycles. The number of aromatic nitrogens is 2. The van der Waals surface area contributed by atoms with E-state index < -0.39 is 5.97 Å². The van der Waals surface area contributed by atoms with Crippen LogP contribution in [0.2, 0.25) is 0 Å². The zero-order valence-electron chi connectivity index (χ0n) is 13.7. The van der Waals surface area contributed by atoms with Gasteiger partial charge in [-0.25, -0.2) is 14.8 Å². The lowest BCUT2D eigenvalue weighted by atomic mass is 9.90. The summed E-state index contributed by atoms with van der Waals surface area (Å²) in [6.45, 7) is 1.84. The number of aromatic carboxylic acids is 1. The molecule has 2 aromatic rings. The minimum Gasteiger partial charge on any atom is -0.497 e. The number of benzene rings is 1. The number of piperidine rings is 1. The lowest BCUT2D eigenvalue weighted by Crippen LogP contribution is -2.35. The van der Waals surface area contributed by atoms with Crippen molar-refractivity contribution in [2.24, 2.45) is 5.92 Å². The van der Waals surface area contributed by atoms with Crippen molar-refractivity contribution in [3.63, 3.8) is 0 Å². The fourth-order valence-corrected chi connectivity index (χ4v) is 3.06. The zero-order chi connectivity index (χ0) is 16.9. The predicted octanol–water partition coefficient (Wildman–Crippen LogP) is 2.64. The second kappa shape index (κ2) is 7.29. The van der Waals surface area contributed by atoms with Crippen LogP contribution in [0.3, 0.4) is 0 Å².